The maximum Gasteiger partial charge on any atom is 0.0991 e. The molecule has 2 aliphatic carbocycles. The summed E-state index contributed by atoms with van der Waals surface area (Å²) >= 11 is 0. The predicted octanol–water partition coefficient (Wildman–Crippen LogP) is 11.5. The lowest BCUT2D eigenvalue weighted by atomic mass is 9.70. The van der Waals surface area contributed by atoms with E-state index in [4.69, 9.17) is 9.97 Å². The highest BCUT2D eigenvalue weighted by Crippen LogP contribution is 2.63. The fourth-order valence-corrected chi connectivity index (χ4v) is 8.92. The number of hydrogen-bond donors (Lipinski definition) is 0. The van der Waals surface area contributed by atoms with Crippen LogP contribution in [0.25, 0.3) is 77.3 Å². The van der Waals surface area contributed by atoms with E-state index in [1.165, 1.54) is 44.5 Å². The number of benzene rings is 8. The summed E-state index contributed by atoms with van der Waals surface area (Å²) < 4.78 is 0. The molecule has 0 fully saturated rings. The zero-order valence-corrected chi connectivity index (χ0v) is 27.4. The van der Waals surface area contributed by atoms with Crippen molar-refractivity contribution in [2.45, 2.75) is 5.41 Å². The van der Waals surface area contributed by atoms with Gasteiger partial charge in [-0.2, -0.15) is 5.26 Å². The van der Waals surface area contributed by atoms with Crippen LogP contribution in [0.3, 0.4) is 0 Å². The number of nitriles is 1. The topological polar surface area (TPSA) is 49.6 Å². The molecule has 1 spiro atoms. The van der Waals surface area contributed by atoms with Gasteiger partial charge in [-0.1, -0.05) is 127 Å². The van der Waals surface area contributed by atoms with Crippen molar-refractivity contribution in [1.82, 2.24) is 9.97 Å². The number of para-hydroxylation sites is 2. The van der Waals surface area contributed by atoms with E-state index in [-0.39, 0.29) is 0 Å². The fraction of sp³-hybridized carbons (Fsp3) is 0.0208. The molecule has 234 valence electrons. The summed E-state index contributed by atoms with van der Waals surface area (Å²) in [5.74, 6) is 0. The van der Waals surface area contributed by atoms with Gasteiger partial charge in [-0.3, -0.25) is 0 Å². The van der Waals surface area contributed by atoms with Crippen molar-refractivity contribution < 1.29 is 0 Å². The lowest BCUT2D eigenvalue weighted by Crippen LogP contribution is -2.26. The molecule has 0 unspecified atom stereocenters. The summed E-state index contributed by atoms with van der Waals surface area (Å²) in [6.45, 7) is 0. The van der Waals surface area contributed by atoms with Crippen molar-refractivity contribution in [1.29, 1.82) is 5.26 Å². The smallest absolute Gasteiger partial charge is 0.0991 e. The molecule has 11 rings (SSSR count). The largest absolute Gasteiger partial charge is 0.244 e. The van der Waals surface area contributed by atoms with E-state index in [2.05, 4.69) is 140 Å². The summed E-state index contributed by atoms with van der Waals surface area (Å²) in [5, 5.41) is 12.3. The minimum atomic E-state index is -0.504. The van der Waals surface area contributed by atoms with Gasteiger partial charge in [-0.05, 0) is 109 Å². The van der Waals surface area contributed by atoms with Gasteiger partial charge in [0.25, 0.3) is 0 Å². The number of fused-ring (bicyclic) bond motifs is 14. The summed E-state index contributed by atoms with van der Waals surface area (Å²) in [6, 6.07) is 60.8. The fourth-order valence-electron chi connectivity index (χ4n) is 8.92. The monoisotopic (exact) mass is 645 g/mol. The molecule has 9 aromatic rings. The van der Waals surface area contributed by atoms with Gasteiger partial charge in [-0.25, -0.2) is 9.97 Å². The van der Waals surface area contributed by atoms with E-state index >= 15 is 0 Å². The third kappa shape index (κ3) is 3.76. The third-order valence-electron chi connectivity index (χ3n) is 11.1. The first-order valence-electron chi connectivity index (χ1n) is 17.3. The Hall–Kier alpha value is -6.89. The van der Waals surface area contributed by atoms with Crippen LogP contribution in [-0.2, 0) is 5.41 Å². The predicted molar refractivity (Wildman–Crippen MR) is 206 cm³/mol. The minimum absolute atomic E-state index is 0.504. The van der Waals surface area contributed by atoms with Crippen molar-refractivity contribution in [3.63, 3.8) is 0 Å². The van der Waals surface area contributed by atoms with Crippen LogP contribution in [0.2, 0.25) is 0 Å². The molecule has 51 heavy (non-hydrogen) atoms. The zero-order chi connectivity index (χ0) is 33.7. The van der Waals surface area contributed by atoms with Gasteiger partial charge in [0.2, 0.25) is 0 Å². The van der Waals surface area contributed by atoms with Crippen LogP contribution in [-0.4, -0.2) is 9.97 Å². The molecule has 0 bridgehead atoms. The molecule has 1 heterocycles. The molecule has 8 aromatic carbocycles. The van der Waals surface area contributed by atoms with E-state index in [1.807, 2.05) is 30.3 Å². The Morgan fingerprint density at radius 3 is 1.67 bits per heavy atom. The number of hydrogen-bond acceptors (Lipinski definition) is 3. The van der Waals surface area contributed by atoms with Crippen molar-refractivity contribution >= 4 is 32.8 Å². The SMILES string of the molecule is N#Cc1ccc2c(c1)C1(c3ccccc3-c3ccccc31)c1cc(-c3ccc(-c4cc5nc6ccccc6nc5c5ccccc45)cc3)ccc1-2. The minimum Gasteiger partial charge on any atom is -0.244 e. The highest BCUT2D eigenvalue weighted by molar-refractivity contribution is 6.12. The molecule has 2 aliphatic rings. The highest BCUT2D eigenvalue weighted by atomic mass is 14.8. The van der Waals surface area contributed by atoms with Gasteiger partial charge in [0, 0.05) is 5.39 Å². The summed E-state index contributed by atoms with van der Waals surface area (Å²) in [5.41, 5.74) is 18.3. The van der Waals surface area contributed by atoms with Crippen molar-refractivity contribution in [3.05, 3.63) is 192 Å². The van der Waals surface area contributed by atoms with Crippen LogP contribution in [0.15, 0.2) is 164 Å². The van der Waals surface area contributed by atoms with Gasteiger partial charge < -0.3 is 0 Å². The average Bonchev–Trinajstić information content (AvgIpc) is 3.66. The van der Waals surface area contributed by atoms with E-state index in [9.17, 15) is 5.26 Å². The van der Waals surface area contributed by atoms with Crippen LogP contribution >= 0.6 is 0 Å². The molecular weight excluding hydrogens is 619 g/mol. The molecular formula is C48H27N3. The second kappa shape index (κ2) is 10.3. The summed E-state index contributed by atoms with van der Waals surface area (Å²) in [7, 11) is 0. The number of nitrogens with zero attached hydrogens (tertiary/aromatic N) is 3. The standard InChI is InChI=1S/C48H27N3/c49-28-29-17-23-36-37-24-22-32(26-43(37)48(42(36)25-29)40-13-5-3-10-34(40)35-11-4-6-14-41(35)48)30-18-20-31(21-19-30)39-27-46-47(38-12-2-1-9-33(38)39)51-45-16-8-7-15-44(45)50-46/h1-27H. The first-order valence-corrected chi connectivity index (χ1v) is 17.3. The van der Waals surface area contributed by atoms with Crippen LogP contribution in [0.5, 0.6) is 0 Å². The first kappa shape index (κ1) is 28.0. The van der Waals surface area contributed by atoms with E-state index in [1.54, 1.807) is 0 Å². The molecule has 0 atom stereocenters. The molecule has 0 amide bonds. The molecule has 0 N–H and O–H groups in total. The van der Waals surface area contributed by atoms with Crippen LogP contribution < -0.4 is 0 Å². The second-order valence-electron chi connectivity index (χ2n) is 13.6. The van der Waals surface area contributed by atoms with Crippen molar-refractivity contribution in [2.24, 2.45) is 0 Å². The zero-order valence-electron chi connectivity index (χ0n) is 27.4. The third-order valence-corrected chi connectivity index (χ3v) is 11.1. The molecule has 0 saturated heterocycles. The van der Waals surface area contributed by atoms with Gasteiger partial charge in [0.15, 0.2) is 0 Å². The van der Waals surface area contributed by atoms with Crippen LogP contribution in [0, 0.1) is 11.3 Å². The molecule has 0 radical (unpaired) electrons. The lowest BCUT2D eigenvalue weighted by molar-refractivity contribution is 0.793. The Labute approximate surface area is 294 Å². The van der Waals surface area contributed by atoms with E-state index in [0.717, 1.165) is 55.1 Å². The summed E-state index contributed by atoms with van der Waals surface area (Å²) in [4.78, 5) is 10.1. The maximum atomic E-state index is 10.0. The molecule has 0 saturated carbocycles. The Morgan fingerprint density at radius 1 is 0.392 bits per heavy atom. The number of rotatable bonds is 2. The van der Waals surface area contributed by atoms with Crippen LogP contribution in [0.4, 0.5) is 0 Å². The molecule has 0 aliphatic heterocycles. The van der Waals surface area contributed by atoms with Crippen molar-refractivity contribution in [3.8, 4) is 50.6 Å². The summed E-state index contributed by atoms with van der Waals surface area (Å²) in [6.07, 6.45) is 0. The van der Waals surface area contributed by atoms with E-state index in [0.29, 0.717) is 5.56 Å². The lowest BCUT2D eigenvalue weighted by Gasteiger charge is -2.30. The quantitative estimate of drug-likeness (QED) is 0.139. The Bertz CT molecular complexity index is 2940. The van der Waals surface area contributed by atoms with Crippen LogP contribution in [0.1, 0.15) is 27.8 Å². The van der Waals surface area contributed by atoms with E-state index < -0.39 is 5.41 Å². The average molecular weight is 646 g/mol. The second-order valence-corrected chi connectivity index (χ2v) is 13.6. The van der Waals surface area contributed by atoms with Gasteiger partial charge in [0.1, 0.15) is 0 Å². The molecule has 1 aromatic heterocycles. The number of aromatic nitrogens is 2. The Balaban J connectivity index is 1.09. The van der Waals surface area contributed by atoms with Gasteiger partial charge >= 0.3 is 0 Å². The van der Waals surface area contributed by atoms with Gasteiger partial charge in [0.05, 0.1) is 39.1 Å². The van der Waals surface area contributed by atoms with Gasteiger partial charge in [-0.15, -0.1) is 0 Å². The first-order chi connectivity index (χ1) is 25.2. The maximum absolute atomic E-state index is 10.0. The molecule has 3 heteroatoms. The Kier molecular flexibility index (Phi) is 5.66. The molecule has 3 nitrogen and oxygen atoms in total. The van der Waals surface area contributed by atoms with Crippen molar-refractivity contribution in [2.75, 3.05) is 0 Å². The Morgan fingerprint density at radius 2 is 0.941 bits per heavy atom. The highest BCUT2D eigenvalue weighted by Gasteiger charge is 2.51. The normalized spacial score (nSPS) is 13.2.